The van der Waals surface area contributed by atoms with Crippen LogP contribution in [0.25, 0.3) is 0 Å². The molecule has 0 bridgehead atoms. The molecule has 7 heteroatoms. The predicted molar refractivity (Wildman–Crippen MR) is 134 cm³/mol. The van der Waals surface area contributed by atoms with Gasteiger partial charge in [-0.2, -0.15) is 0 Å². The van der Waals surface area contributed by atoms with Crippen LogP contribution in [0.1, 0.15) is 22.8 Å². The van der Waals surface area contributed by atoms with E-state index >= 15 is 0 Å². The Hall–Kier alpha value is -3.87. The van der Waals surface area contributed by atoms with Crippen molar-refractivity contribution in [1.82, 2.24) is 10.2 Å². The Bertz CT molecular complexity index is 1160. The Labute approximate surface area is 199 Å². The van der Waals surface area contributed by atoms with E-state index in [1.165, 1.54) is 17.7 Å². The number of aliphatic imine (C=N–C) groups is 1. The van der Waals surface area contributed by atoms with Gasteiger partial charge in [-0.15, -0.1) is 0 Å². The number of aryl methyl sites for hydroxylation is 1. The summed E-state index contributed by atoms with van der Waals surface area (Å²) in [5.41, 5.74) is 3.46. The van der Waals surface area contributed by atoms with E-state index in [1.807, 2.05) is 18.2 Å². The van der Waals surface area contributed by atoms with Gasteiger partial charge in [0.05, 0.1) is 12.8 Å². The van der Waals surface area contributed by atoms with Gasteiger partial charge < -0.3 is 14.5 Å². The molecule has 1 saturated heterocycles. The molecule has 1 amide bonds. The molecule has 0 spiro atoms. The summed E-state index contributed by atoms with van der Waals surface area (Å²) >= 11 is 0. The van der Waals surface area contributed by atoms with Crippen LogP contribution < -0.4 is 15.0 Å². The number of carbonyl (C=O) groups is 1. The number of anilines is 1. The van der Waals surface area contributed by atoms with Gasteiger partial charge in [-0.25, -0.2) is 9.38 Å². The monoisotopic (exact) mass is 460 g/mol. The van der Waals surface area contributed by atoms with E-state index in [4.69, 9.17) is 9.73 Å². The standard InChI is InChI=1S/C27H29FN4O2/c1-3-20-6-4-8-23(18-20)29-27(30-26(33)21-7-5-9-25(19-21)34-2)32-16-14-31(15-17-32)24-12-10-22(28)11-13-24/h4-13,18-19H,3,14-17H2,1-2H3,(H,29,30,33). The molecule has 0 radical (unpaired) electrons. The lowest BCUT2D eigenvalue weighted by Crippen LogP contribution is -2.53. The Morgan fingerprint density at radius 2 is 1.74 bits per heavy atom. The van der Waals surface area contributed by atoms with Crippen molar-refractivity contribution < 1.29 is 13.9 Å². The highest BCUT2D eigenvalue weighted by Crippen LogP contribution is 2.19. The molecule has 3 aromatic rings. The number of nitrogens with one attached hydrogen (secondary N) is 1. The SMILES string of the molecule is CCc1cccc(N=C(NC(=O)c2cccc(OC)c2)N2CCN(c3ccc(F)cc3)CC2)c1. The molecule has 0 saturated carbocycles. The smallest absolute Gasteiger partial charge is 0.258 e. The van der Waals surface area contributed by atoms with Crippen molar-refractivity contribution >= 4 is 23.2 Å². The van der Waals surface area contributed by atoms with E-state index in [-0.39, 0.29) is 11.7 Å². The van der Waals surface area contributed by atoms with Gasteiger partial charge in [-0.1, -0.05) is 25.1 Å². The van der Waals surface area contributed by atoms with E-state index in [2.05, 4.69) is 28.1 Å². The van der Waals surface area contributed by atoms with E-state index in [1.54, 1.807) is 43.5 Å². The van der Waals surface area contributed by atoms with Crippen molar-refractivity contribution in [1.29, 1.82) is 0 Å². The number of methoxy groups -OCH3 is 1. The summed E-state index contributed by atoms with van der Waals surface area (Å²) in [5.74, 6) is 0.645. The van der Waals surface area contributed by atoms with Crippen LogP contribution in [0.3, 0.4) is 0 Å². The molecule has 3 aromatic carbocycles. The Morgan fingerprint density at radius 1 is 1.00 bits per heavy atom. The number of rotatable bonds is 5. The Kier molecular flexibility index (Phi) is 7.42. The van der Waals surface area contributed by atoms with E-state index < -0.39 is 0 Å². The Morgan fingerprint density at radius 3 is 2.44 bits per heavy atom. The maximum absolute atomic E-state index is 13.3. The first-order valence-electron chi connectivity index (χ1n) is 11.4. The van der Waals surface area contributed by atoms with Crippen LogP contribution in [0.2, 0.25) is 0 Å². The van der Waals surface area contributed by atoms with E-state index in [9.17, 15) is 9.18 Å². The van der Waals surface area contributed by atoms with Gasteiger partial charge in [-0.3, -0.25) is 10.1 Å². The number of halogens is 1. The molecule has 176 valence electrons. The number of hydrogen-bond donors (Lipinski definition) is 1. The topological polar surface area (TPSA) is 57.2 Å². The molecule has 34 heavy (non-hydrogen) atoms. The van der Waals surface area contributed by atoms with Crippen LogP contribution in [-0.4, -0.2) is 50.1 Å². The number of hydrogen-bond acceptors (Lipinski definition) is 4. The highest BCUT2D eigenvalue weighted by molar-refractivity contribution is 6.06. The summed E-state index contributed by atoms with van der Waals surface area (Å²) in [6, 6.07) is 21.6. The van der Waals surface area contributed by atoms with Crippen LogP contribution in [0.5, 0.6) is 5.75 Å². The molecule has 1 fully saturated rings. The molecule has 6 nitrogen and oxygen atoms in total. The average molecular weight is 461 g/mol. The molecule has 0 aromatic heterocycles. The van der Waals surface area contributed by atoms with Gasteiger partial charge in [0.15, 0.2) is 0 Å². The zero-order valence-corrected chi connectivity index (χ0v) is 19.5. The van der Waals surface area contributed by atoms with Gasteiger partial charge in [0.2, 0.25) is 5.96 Å². The van der Waals surface area contributed by atoms with Gasteiger partial charge in [0.1, 0.15) is 11.6 Å². The first-order valence-corrected chi connectivity index (χ1v) is 11.4. The summed E-state index contributed by atoms with van der Waals surface area (Å²) in [5, 5.41) is 3.02. The molecule has 1 N–H and O–H groups in total. The summed E-state index contributed by atoms with van der Waals surface area (Å²) in [6.07, 6.45) is 0.908. The molecule has 0 unspecified atom stereocenters. The fourth-order valence-corrected chi connectivity index (χ4v) is 3.91. The fourth-order valence-electron chi connectivity index (χ4n) is 3.91. The maximum Gasteiger partial charge on any atom is 0.258 e. The van der Waals surface area contributed by atoms with Crippen molar-refractivity contribution in [2.45, 2.75) is 13.3 Å². The number of amides is 1. The minimum atomic E-state index is -0.245. The summed E-state index contributed by atoms with van der Waals surface area (Å²) in [4.78, 5) is 22.2. The van der Waals surface area contributed by atoms with Crippen LogP contribution >= 0.6 is 0 Å². The molecule has 1 heterocycles. The average Bonchev–Trinajstić information content (AvgIpc) is 2.89. The first-order chi connectivity index (χ1) is 16.6. The molecular weight excluding hydrogens is 431 g/mol. The lowest BCUT2D eigenvalue weighted by molar-refractivity contribution is 0.0971. The maximum atomic E-state index is 13.3. The van der Waals surface area contributed by atoms with Crippen molar-refractivity contribution in [3.8, 4) is 5.75 Å². The number of piperazine rings is 1. The normalized spacial score (nSPS) is 14.1. The molecular formula is C27H29FN4O2. The second-order valence-electron chi connectivity index (χ2n) is 8.10. The third-order valence-corrected chi connectivity index (χ3v) is 5.88. The minimum absolute atomic E-state index is 0.244. The lowest BCUT2D eigenvalue weighted by atomic mass is 10.1. The van der Waals surface area contributed by atoms with Gasteiger partial charge in [-0.05, 0) is 66.6 Å². The first kappa shape index (κ1) is 23.3. The van der Waals surface area contributed by atoms with Gasteiger partial charge in [0, 0.05) is 37.4 Å². The van der Waals surface area contributed by atoms with Crippen LogP contribution in [0, 0.1) is 5.82 Å². The summed E-state index contributed by atoms with van der Waals surface area (Å²) in [6.45, 7) is 4.90. The van der Waals surface area contributed by atoms with Crippen molar-refractivity contribution in [3.05, 3.63) is 89.7 Å². The molecule has 4 rings (SSSR count). The van der Waals surface area contributed by atoms with Gasteiger partial charge in [0.25, 0.3) is 5.91 Å². The predicted octanol–water partition coefficient (Wildman–Crippen LogP) is 4.64. The lowest BCUT2D eigenvalue weighted by Gasteiger charge is -2.37. The zero-order chi connectivity index (χ0) is 23.9. The highest BCUT2D eigenvalue weighted by atomic mass is 19.1. The highest BCUT2D eigenvalue weighted by Gasteiger charge is 2.22. The molecule has 0 atom stereocenters. The third-order valence-electron chi connectivity index (χ3n) is 5.88. The number of benzene rings is 3. The summed E-state index contributed by atoms with van der Waals surface area (Å²) in [7, 11) is 1.57. The fraction of sp³-hybridized carbons (Fsp3) is 0.259. The largest absolute Gasteiger partial charge is 0.497 e. The number of guanidine groups is 1. The summed E-state index contributed by atoms with van der Waals surface area (Å²) < 4.78 is 18.6. The quantitative estimate of drug-likeness (QED) is 0.445. The molecule has 1 aliphatic heterocycles. The second kappa shape index (κ2) is 10.8. The minimum Gasteiger partial charge on any atom is -0.497 e. The number of ether oxygens (including phenoxy) is 1. The van der Waals surface area contributed by atoms with Crippen LogP contribution in [-0.2, 0) is 6.42 Å². The van der Waals surface area contributed by atoms with Crippen LogP contribution in [0.15, 0.2) is 77.8 Å². The number of carbonyl (C=O) groups excluding carboxylic acids is 1. The van der Waals surface area contributed by atoms with Crippen LogP contribution in [0.4, 0.5) is 15.8 Å². The van der Waals surface area contributed by atoms with Crippen molar-refractivity contribution in [2.24, 2.45) is 4.99 Å². The van der Waals surface area contributed by atoms with E-state index in [0.717, 1.165) is 30.9 Å². The zero-order valence-electron chi connectivity index (χ0n) is 19.5. The Balaban J connectivity index is 1.55. The van der Waals surface area contributed by atoms with Crippen molar-refractivity contribution in [2.75, 3.05) is 38.2 Å². The van der Waals surface area contributed by atoms with E-state index in [0.29, 0.717) is 30.4 Å². The second-order valence-corrected chi connectivity index (χ2v) is 8.10. The van der Waals surface area contributed by atoms with Gasteiger partial charge >= 0.3 is 0 Å². The third kappa shape index (κ3) is 5.73. The molecule has 0 aliphatic carbocycles. The number of nitrogens with zero attached hydrogens (tertiary/aromatic N) is 3. The van der Waals surface area contributed by atoms with Crippen molar-refractivity contribution in [3.63, 3.8) is 0 Å². The molecule has 1 aliphatic rings.